The highest BCUT2D eigenvalue weighted by Gasteiger charge is 2.28. The van der Waals surface area contributed by atoms with Crippen LogP contribution in [-0.2, 0) is 0 Å². The number of nitrogens with two attached hydrogens (primary N) is 1. The van der Waals surface area contributed by atoms with Gasteiger partial charge >= 0.3 is 0 Å². The van der Waals surface area contributed by atoms with Crippen molar-refractivity contribution in [3.8, 4) is 11.4 Å². The highest BCUT2D eigenvalue weighted by atomic mass is 32.1. The number of thiazole rings is 1. The predicted octanol–water partition coefficient (Wildman–Crippen LogP) is 3.97. The van der Waals surface area contributed by atoms with E-state index < -0.39 is 0 Å². The Morgan fingerprint density at radius 1 is 1.15 bits per heavy atom. The van der Waals surface area contributed by atoms with Crippen LogP contribution in [0.5, 0.6) is 0 Å². The molecule has 5 heteroatoms. The molecule has 0 spiro atoms. The second kappa shape index (κ2) is 4.88. The number of imidazole rings is 1. The van der Waals surface area contributed by atoms with Gasteiger partial charge in [-0.1, -0.05) is 19.3 Å². The summed E-state index contributed by atoms with van der Waals surface area (Å²) >= 11 is 1.69. The average Bonchev–Trinajstić information content (AvgIpc) is 3.08. The van der Waals surface area contributed by atoms with E-state index in [0.717, 1.165) is 16.4 Å². The Balaban J connectivity index is 1.67. The van der Waals surface area contributed by atoms with Gasteiger partial charge < -0.3 is 10.3 Å². The van der Waals surface area contributed by atoms with Crippen LogP contribution in [-0.4, -0.2) is 14.5 Å². The van der Waals surface area contributed by atoms with Crippen molar-refractivity contribution < 1.29 is 0 Å². The van der Waals surface area contributed by atoms with Crippen LogP contribution >= 0.6 is 11.3 Å². The normalized spacial score (nSPS) is 20.4. The third kappa shape index (κ3) is 2.14. The van der Waals surface area contributed by atoms with Gasteiger partial charge in [0.1, 0.15) is 10.7 Å². The van der Waals surface area contributed by atoms with Crippen LogP contribution in [0.2, 0.25) is 0 Å². The molecule has 106 valence electrons. The van der Waals surface area contributed by atoms with E-state index in [-0.39, 0.29) is 0 Å². The maximum absolute atomic E-state index is 6.24. The summed E-state index contributed by atoms with van der Waals surface area (Å²) < 4.78 is 2.25. The van der Waals surface area contributed by atoms with Gasteiger partial charge in [-0.25, -0.2) is 9.97 Å². The minimum atomic E-state index is 0.617. The number of hydrogen-bond acceptors (Lipinski definition) is 4. The summed E-state index contributed by atoms with van der Waals surface area (Å²) in [6.07, 6.45) is 12.9. The molecule has 0 saturated heterocycles. The van der Waals surface area contributed by atoms with E-state index in [2.05, 4.69) is 9.55 Å². The summed E-state index contributed by atoms with van der Waals surface area (Å²) in [5.41, 5.74) is 8.30. The van der Waals surface area contributed by atoms with E-state index in [0.29, 0.717) is 12.0 Å². The molecule has 2 N–H and O–H groups in total. The first-order valence-corrected chi connectivity index (χ1v) is 8.43. The first-order chi connectivity index (χ1) is 9.83. The lowest BCUT2D eigenvalue weighted by Crippen LogP contribution is -2.04. The highest BCUT2D eigenvalue weighted by Crippen LogP contribution is 2.42. The van der Waals surface area contributed by atoms with Crippen LogP contribution in [0.1, 0.15) is 61.9 Å². The predicted molar refractivity (Wildman–Crippen MR) is 81.8 cm³/mol. The van der Waals surface area contributed by atoms with Crippen molar-refractivity contribution in [3.05, 3.63) is 17.5 Å². The van der Waals surface area contributed by atoms with Crippen molar-refractivity contribution >= 4 is 16.3 Å². The van der Waals surface area contributed by atoms with Crippen molar-refractivity contribution in [2.75, 3.05) is 5.73 Å². The lowest BCUT2D eigenvalue weighted by Gasteiger charge is -2.18. The van der Waals surface area contributed by atoms with Gasteiger partial charge in [0, 0.05) is 12.0 Å². The molecule has 2 heterocycles. The summed E-state index contributed by atoms with van der Waals surface area (Å²) in [5.74, 6) is 0.627. The molecule has 0 unspecified atom stereocenters. The standard InChI is InChI=1S/C15H20N4S/c16-14-13(12-8-17-9-19(12)11-6-7-11)18-15(20-14)10-4-2-1-3-5-10/h8-11H,1-7,16H2. The molecule has 0 radical (unpaired) electrons. The summed E-state index contributed by atoms with van der Waals surface area (Å²) in [7, 11) is 0. The maximum Gasteiger partial charge on any atom is 0.123 e. The summed E-state index contributed by atoms with van der Waals surface area (Å²) in [6.45, 7) is 0. The SMILES string of the molecule is Nc1sc(C2CCCCC2)nc1-c1cncn1C1CC1. The van der Waals surface area contributed by atoms with Gasteiger partial charge in [0.05, 0.1) is 23.2 Å². The van der Waals surface area contributed by atoms with E-state index in [4.69, 9.17) is 10.7 Å². The smallest absolute Gasteiger partial charge is 0.123 e. The molecular weight excluding hydrogens is 268 g/mol. The number of rotatable bonds is 3. The van der Waals surface area contributed by atoms with Gasteiger partial charge in [-0.2, -0.15) is 0 Å². The molecule has 0 bridgehead atoms. The van der Waals surface area contributed by atoms with Crippen molar-refractivity contribution in [1.82, 2.24) is 14.5 Å². The van der Waals surface area contributed by atoms with Crippen LogP contribution in [0, 0.1) is 0 Å². The molecule has 2 aromatic heterocycles. The molecule has 0 aliphatic heterocycles. The second-order valence-electron chi connectivity index (χ2n) is 6.02. The second-order valence-corrected chi connectivity index (χ2v) is 7.08. The largest absolute Gasteiger partial charge is 0.389 e. The number of nitrogens with zero attached hydrogens (tertiary/aromatic N) is 3. The monoisotopic (exact) mass is 288 g/mol. The van der Waals surface area contributed by atoms with Gasteiger partial charge in [-0.3, -0.25) is 0 Å². The maximum atomic E-state index is 6.24. The van der Waals surface area contributed by atoms with Crippen LogP contribution < -0.4 is 5.73 Å². The summed E-state index contributed by atoms with van der Waals surface area (Å²) in [6, 6.07) is 0.617. The third-order valence-electron chi connectivity index (χ3n) is 4.47. The Morgan fingerprint density at radius 3 is 2.70 bits per heavy atom. The topological polar surface area (TPSA) is 56.7 Å². The van der Waals surface area contributed by atoms with Crippen LogP contribution in [0.4, 0.5) is 5.00 Å². The molecule has 0 aromatic carbocycles. The van der Waals surface area contributed by atoms with E-state index in [1.807, 2.05) is 12.5 Å². The summed E-state index contributed by atoms with van der Waals surface area (Å²) in [5, 5.41) is 2.09. The van der Waals surface area contributed by atoms with Crippen LogP contribution in [0.15, 0.2) is 12.5 Å². The van der Waals surface area contributed by atoms with Gasteiger partial charge in [0.15, 0.2) is 0 Å². The number of aromatic nitrogens is 3. The minimum Gasteiger partial charge on any atom is -0.389 e. The van der Waals surface area contributed by atoms with Gasteiger partial charge in [0.2, 0.25) is 0 Å². The van der Waals surface area contributed by atoms with Crippen molar-refractivity contribution in [2.45, 2.75) is 56.9 Å². The summed E-state index contributed by atoms with van der Waals surface area (Å²) in [4.78, 5) is 9.17. The van der Waals surface area contributed by atoms with Crippen LogP contribution in [0.25, 0.3) is 11.4 Å². The number of anilines is 1. The van der Waals surface area contributed by atoms with Gasteiger partial charge in [-0.15, -0.1) is 11.3 Å². The van der Waals surface area contributed by atoms with Crippen LogP contribution in [0.3, 0.4) is 0 Å². The Morgan fingerprint density at radius 2 is 1.95 bits per heavy atom. The molecular formula is C15H20N4S. The fraction of sp³-hybridized carbons (Fsp3) is 0.600. The molecule has 2 aromatic rings. The molecule has 4 rings (SSSR count). The zero-order chi connectivity index (χ0) is 13.5. The van der Waals surface area contributed by atoms with Crippen molar-refractivity contribution in [1.29, 1.82) is 0 Å². The molecule has 2 fully saturated rings. The molecule has 2 aliphatic rings. The van der Waals surface area contributed by atoms with Gasteiger partial charge in [-0.05, 0) is 25.7 Å². The quantitative estimate of drug-likeness (QED) is 0.929. The molecule has 20 heavy (non-hydrogen) atoms. The van der Waals surface area contributed by atoms with Crippen molar-refractivity contribution in [3.63, 3.8) is 0 Å². The van der Waals surface area contributed by atoms with E-state index in [9.17, 15) is 0 Å². The fourth-order valence-corrected chi connectivity index (χ4v) is 4.20. The van der Waals surface area contributed by atoms with E-state index in [1.165, 1.54) is 50.0 Å². The van der Waals surface area contributed by atoms with Crippen molar-refractivity contribution in [2.24, 2.45) is 0 Å². The Hall–Kier alpha value is -1.36. The Kier molecular flexibility index (Phi) is 3.02. The third-order valence-corrected chi connectivity index (χ3v) is 5.52. The first kappa shape index (κ1) is 12.4. The van der Waals surface area contributed by atoms with Gasteiger partial charge in [0.25, 0.3) is 0 Å². The lowest BCUT2D eigenvalue weighted by molar-refractivity contribution is 0.442. The molecule has 4 nitrogen and oxygen atoms in total. The molecule has 2 aliphatic carbocycles. The first-order valence-electron chi connectivity index (χ1n) is 7.61. The van der Waals surface area contributed by atoms with E-state index in [1.54, 1.807) is 11.3 Å². The molecule has 2 saturated carbocycles. The fourth-order valence-electron chi connectivity index (χ4n) is 3.19. The Labute approximate surface area is 123 Å². The lowest BCUT2D eigenvalue weighted by atomic mass is 9.90. The highest BCUT2D eigenvalue weighted by molar-refractivity contribution is 7.16. The number of nitrogen functional groups attached to an aromatic ring is 1. The average molecular weight is 288 g/mol. The minimum absolute atomic E-state index is 0.617. The zero-order valence-electron chi connectivity index (χ0n) is 11.6. The molecule has 0 amide bonds. The Bertz CT molecular complexity index is 605. The van der Waals surface area contributed by atoms with E-state index >= 15 is 0 Å². The number of hydrogen-bond donors (Lipinski definition) is 1. The zero-order valence-corrected chi connectivity index (χ0v) is 12.4. The molecule has 0 atom stereocenters.